The van der Waals surface area contributed by atoms with Crippen molar-refractivity contribution in [2.75, 3.05) is 0 Å². The van der Waals surface area contributed by atoms with E-state index in [1.165, 1.54) is 6.92 Å². The van der Waals surface area contributed by atoms with E-state index < -0.39 is 0 Å². The second-order valence-corrected chi connectivity index (χ2v) is 8.54. The Bertz CT molecular complexity index is 1520. The van der Waals surface area contributed by atoms with E-state index in [1.807, 2.05) is 85.8 Å². The number of carbonyl (C=O) groups excluding carboxylic acids is 1. The quantitative estimate of drug-likeness (QED) is 0.252. The van der Waals surface area contributed by atoms with Crippen molar-refractivity contribution in [2.45, 2.75) is 20.5 Å². The van der Waals surface area contributed by atoms with Crippen LogP contribution in [0.15, 0.2) is 103 Å². The number of hydrogen-bond acceptors (Lipinski definition) is 5. The number of esters is 1. The molecule has 0 unspecified atom stereocenters. The summed E-state index contributed by atoms with van der Waals surface area (Å²) in [4.78, 5) is 25.9. The molecule has 3 aromatic heterocycles. The molecule has 0 saturated heterocycles. The molecule has 0 bridgehead atoms. The minimum atomic E-state index is -0.344. The molecule has 3 heterocycles. The Balaban J connectivity index is 1.57. The molecule has 0 atom stereocenters. The summed E-state index contributed by atoms with van der Waals surface area (Å²) in [6.07, 6.45) is 0. The van der Waals surface area contributed by atoms with Crippen LogP contribution in [0.1, 0.15) is 18.3 Å². The summed E-state index contributed by atoms with van der Waals surface area (Å²) in [5, 5.41) is 0. The predicted molar refractivity (Wildman–Crippen MR) is 142 cm³/mol. The number of hydrogen-bond donors (Lipinski definition) is 0. The van der Waals surface area contributed by atoms with E-state index >= 15 is 0 Å². The van der Waals surface area contributed by atoms with Gasteiger partial charge in [-0.2, -0.15) is 0 Å². The summed E-state index contributed by atoms with van der Waals surface area (Å²) >= 11 is 0. The third-order valence-electron chi connectivity index (χ3n) is 5.74. The van der Waals surface area contributed by atoms with Gasteiger partial charge in [0.15, 0.2) is 0 Å². The molecule has 0 aliphatic carbocycles. The summed E-state index contributed by atoms with van der Waals surface area (Å²) in [6.45, 7) is 3.49. The highest BCUT2D eigenvalue weighted by molar-refractivity contribution is 5.73. The largest absolute Gasteiger partial charge is 0.459 e. The second kappa shape index (κ2) is 10.3. The van der Waals surface area contributed by atoms with E-state index in [-0.39, 0.29) is 12.6 Å². The van der Waals surface area contributed by atoms with E-state index in [4.69, 9.17) is 19.7 Å². The van der Waals surface area contributed by atoms with E-state index in [9.17, 15) is 4.79 Å². The smallest absolute Gasteiger partial charge is 0.303 e. The maximum atomic E-state index is 11.4. The van der Waals surface area contributed by atoms with Gasteiger partial charge in [0, 0.05) is 12.6 Å². The van der Waals surface area contributed by atoms with Gasteiger partial charge in [0.2, 0.25) is 0 Å². The molecular weight excluding hydrogens is 446 g/mol. The number of pyridine rings is 3. The van der Waals surface area contributed by atoms with Crippen molar-refractivity contribution < 1.29 is 9.53 Å². The molecule has 5 heteroatoms. The zero-order valence-electron chi connectivity index (χ0n) is 20.2. The zero-order chi connectivity index (χ0) is 24.9. The molecule has 0 aliphatic heterocycles. The minimum Gasteiger partial charge on any atom is -0.459 e. The number of rotatable bonds is 6. The van der Waals surface area contributed by atoms with E-state index in [2.05, 4.69) is 24.3 Å². The summed E-state index contributed by atoms with van der Waals surface area (Å²) in [6, 6.07) is 34.3. The van der Waals surface area contributed by atoms with Gasteiger partial charge in [0.1, 0.15) is 6.61 Å². The van der Waals surface area contributed by atoms with E-state index in [0.29, 0.717) is 11.4 Å². The van der Waals surface area contributed by atoms with Gasteiger partial charge in [0.05, 0.1) is 28.5 Å². The molecular formula is C31H25N3O2. The number of ether oxygens (including phenoxy) is 1. The first kappa shape index (κ1) is 23.1. The molecule has 5 rings (SSSR count). The average Bonchev–Trinajstić information content (AvgIpc) is 2.92. The first-order valence-electron chi connectivity index (χ1n) is 11.8. The molecule has 5 nitrogen and oxygen atoms in total. The Morgan fingerprint density at radius 2 is 1.17 bits per heavy atom. The van der Waals surface area contributed by atoms with Crippen LogP contribution in [-0.2, 0) is 16.1 Å². The molecule has 0 saturated carbocycles. The minimum absolute atomic E-state index is 0.0998. The van der Waals surface area contributed by atoms with Crippen LogP contribution >= 0.6 is 0 Å². The highest BCUT2D eigenvalue weighted by atomic mass is 16.5. The maximum Gasteiger partial charge on any atom is 0.303 e. The van der Waals surface area contributed by atoms with Crippen LogP contribution in [0.3, 0.4) is 0 Å². The van der Waals surface area contributed by atoms with Crippen molar-refractivity contribution >= 4 is 5.97 Å². The molecule has 5 aromatic rings. The monoisotopic (exact) mass is 471 g/mol. The van der Waals surface area contributed by atoms with Crippen molar-refractivity contribution in [3.8, 4) is 45.0 Å². The first-order valence-corrected chi connectivity index (χ1v) is 11.8. The van der Waals surface area contributed by atoms with Crippen LogP contribution in [-0.4, -0.2) is 20.9 Å². The summed E-state index contributed by atoms with van der Waals surface area (Å²) in [5.74, 6) is -0.344. The highest BCUT2D eigenvalue weighted by Gasteiger charge is 2.12. The van der Waals surface area contributed by atoms with Gasteiger partial charge >= 0.3 is 5.97 Å². The Morgan fingerprint density at radius 3 is 1.75 bits per heavy atom. The highest BCUT2D eigenvalue weighted by Crippen LogP contribution is 2.29. The Morgan fingerprint density at radius 1 is 0.611 bits per heavy atom. The van der Waals surface area contributed by atoms with Crippen LogP contribution in [0, 0.1) is 6.92 Å². The van der Waals surface area contributed by atoms with Crippen molar-refractivity contribution in [1.82, 2.24) is 15.0 Å². The van der Waals surface area contributed by atoms with Crippen molar-refractivity contribution in [2.24, 2.45) is 0 Å². The lowest BCUT2D eigenvalue weighted by molar-refractivity contribution is -0.142. The fourth-order valence-corrected chi connectivity index (χ4v) is 4.08. The molecule has 0 amide bonds. The second-order valence-electron chi connectivity index (χ2n) is 8.54. The molecule has 36 heavy (non-hydrogen) atoms. The number of carbonyl (C=O) groups is 1. The standard InChI is InChI=1S/C31H25N3O2/c1-21-16-25(23-10-5-3-6-11-23)18-30(32-21)28-14-9-15-29(34-28)31-19-26(24-12-7-4-8-13-24)17-27(33-31)20-36-22(2)35/h3-19H,20H2,1-2H3. The lowest BCUT2D eigenvalue weighted by Gasteiger charge is -2.11. The van der Waals surface area contributed by atoms with Crippen molar-refractivity contribution in [1.29, 1.82) is 0 Å². The molecule has 0 N–H and O–H groups in total. The molecule has 0 spiro atoms. The van der Waals surface area contributed by atoms with Crippen LogP contribution in [0.2, 0.25) is 0 Å². The van der Waals surface area contributed by atoms with Gasteiger partial charge in [-0.3, -0.25) is 9.78 Å². The average molecular weight is 472 g/mol. The molecule has 2 aromatic carbocycles. The predicted octanol–water partition coefficient (Wildman–Crippen LogP) is 6.91. The van der Waals surface area contributed by atoms with Crippen molar-refractivity contribution in [3.05, 3.63) is 115 Å². The van der Waals surface area contributed by atoms with Crippen LogP contribution in [0.4, 0.5) is 0 Å². The van der Waals surface area contributed by atoms with Gasteiger partial charge < -0.3 is 4.74 Å². The fourth-order valence-electron chi connectivity index (χ4n) is 4.08. The summed E-state index contributed by atoms with van der Waals surface area (Å²) in [5.41, 5.74) is 8.84. The topological polar surface area (TPSA) is 65.0 Å². The normalized spacial score (nSPS) is 10.7. The third-order valence-corrected chi connectivity index (χ3v) is 5.74. The van der Waals surface area contributed by atoms with Gasteiger partial charge in [0.25, 0.3) is 0 Å². The van der Waals surface area contributed by atoms with Crippen LogP contribution < -0.4 is 0 Å². The molecule has 0 fully saturated rings. The van der Waals surface area contributed by atoms with Gasteiger partial charge in [-0.25, -0.2) is 9.97 Å². The summed E-state index contributed by atoms with van der Waals surface area (Å²) in [7, 11) is 0. The Hall–Kier alpha value is -4.64. The van der Waals surface area contributed by atoms with Gasteiger partial charge in [-0.1, -0.05) is 66.7 Å². The van der Waals surface area contributed by atoms with Gasteiger partial charge in [-0.15, -0.1) is 0 Å². The lowest BCUT2D eigenvalue weighted by atomic mass is 10.0. The SMILES string of the molecule is CC(=O)OCc1cc(-c2ccccc2)cc(-c2cccc(-c3cc(-c4ccccc4)cc(C)n3)n2)n1. The molecule has 0 radical (unpaired) electrons. The molecule has 176 valence electrons. The zero-order valence-corrected chi connectivity index (χ0v) is 20.2. The number of aryl methyl sites for hydroxylation is 1. The third kappa shape index (κ3) is 5.36. The van der Waals surface area contributed by atoms with Crippen LogP contribution in [0.25, 0.3) is 45.0 Å². The van der Waals surface area contributed by atoms with Crippen molar-refractivity contribution in [3.63, 3.8) is 0 Å². The summed E-state index contributed by atoms with van der Waals surface area (Å²) < 4.78 is 5.24. The lowest BCUT2D eigenvalue weighted by Crippen LogP contribution is -2.02. The Labute approximate surface area is 210 Å². The fraction of sp³-hybridized carbons (Fsp3) is 0.0968. The van der Waals surface area contributed by atoms with E-state index in [0.717, 1.165) is 45.0 Å². The number of benzene rings is 2. The van der Waals surface area contributed by atoms with Gasteiger partial charge in [-0.05, 0) is 65.6 Å². The number of nitrogens with zero attached hydrogens (tertiary/aromatic N) is 3. The maximum absolute atomic E-state index is 11.4. The number of aromatic nitrogens is 3. The van der Waals surface area contributed by atoms with E-state index in [1.54, 1.807) is 0 Å². The molecule has 0 aliphatic rings. The van der Waals surface area contributed by atoms with Crippen LogP contribution in [0.5, 0.6) is 0 Å². The Kier molecular flexibility index (Phi) is 6.63. The first-order chi connectivity index (χ1) is 17.5.